The molecule has 0 bridgehead atoms. The summed E-state index contributed by atoms with van der Waals surface area (Å²) < 4.78 is 29.2. The first-order chi connectivity index (χ1) is 13.9. The molecule has 1 fully saturated rings. The van der Waals surface area contributed by atoms with Gasteiger partial charge in [-0.1, -0.05) is 24.6 Å². The van der Waals surface area contributed by atoms with Crippen LogP contribution in [0.2, 0.25) is 0 Å². The maximum absolute atomic E-state index is 13.3. The molecule has 1 saturated heterocycles. The van der Waals surface area contributed by atoms with E-state index in [1.165, 1.54) is 10.4 Å². The molecule has 0 aliphatic carbocycles. The largest absolute Gasteiger partial charge is 0.373 e. The van der Waals surface area contributed by atoms with E-state index in [2.05, 4.69) is 11.0 Å². The van der Waals surface area contributed by atoms with Crippen molar-refractivity contribution in [1.82, 2.24) is 13.8 Å². The van der Waals surface area contributed by atoms with Crippen LogP contribution < -0.4 is 4.90 Å². The molecule has 0 unspecified atom stereocenters. The highest BCUT2D eigenvalue weighted by molar-refractivity contribution is 7.89. The van der Waals surface area contributed by atoms with Gasteiger partial charge in [-0.25, -0.2) is 8.42 Å². The second-order valence-electron chi connectivity index (χ2n) is 7.91. The molecular weight excluding hydrogens is 388 g/mol. The van der Waals surface area contributed by atoms with E-state index in [1.54, 1.807) is 22.7 Å². The van der Waals surface area contributed by atoms with Crippen LogP contribution >= 0.6 is 0 Å². The van der Waals surface area contributed by atoms with Gasteiger partial charge in [0.1, 0.15) is 10.6 Å². The lowest BCUT2D eigenvalue weighted by atomic mass is 10.1. The zero-order chi connectivity index (χ0) is 20.6. The lowest BCUT2D eigenvalue weighted by molar-refractivity contribution is 0.0742. The number of carbonyl (C=O) groups is 1. The number of anilines is 1. The summed E-state index contributed by atoms with van der Waals surface area (Å²) in [6, 6.07) is 9.62. The molecule has 0 N–H and O–H groups in total. The number of para-hydroxylation sites is 1. The van der Waals surface area contributed by atoms with Gasteiger partial charge in [-0.15, -0.1) is 0 Å². The van der Waals surface area contributed by atoms with Crippen LogP contribution in [-0.4, -0.2) is 61.3 Å². The van der Waals surface area contributed by atoms with Crippen molar-refractivity contribution in [3.8, 4) is 0 Å². The van der Waals surface area contributed by atoms with Crippen molar-refractivity contribution in [1.29, 1.82) is 0 Å². The van der Waals surface area contributed by atoms with Gasteiger partial charge in [-0.2, -0.15) is 4.31 Å². The van der Waals surface area contributed by atoms with Crippen LogP contribution in [0.25, 0.3) is 0 Å². The molecule has 2 aliphatic heterocycles. The first kappa shape index (κ1) is 20.0. The molecule has 8 heteroatoms. The summed E-state index contributed by atoms with van der Waals surface area (Å²) in [5.74, 6) is -0.141. The highest BCUT2D eigenvalue weighted by atomic mass is 32.2. The number of likely N-dealkylation sites (N-methyl/N-ethyl adjacent to an activating group) is 1. The highest BCUT2D eigenvalue weighted by Crippen LogP contribution is 2.26. The normalized spacial score (nSPS) is 18.4. The third-order valence-corrected chi connectivity index (χ3v) is 7.77. The van der Waals surface area contributed by atoms with Gasteiger partial charge in [0.15, 0.2) is 0 Å². The molecule has 1 aromatic heterocycles. The molecule has 0 radical (unpaired) electrons. The first-order valence-corrected chi connectivity index (χ1v) is 11.6. The molecule has 1 amide bonds. The van der Waals surface area contributed by atoms with E-state index in [1.807, 2.05) is 25.2 Å². The zero-order valence-electron chi connectivity index (χ0n) is 17.0. The van der Waals surface area contributed by atoms with Crippen molar-refractivity contribution >= 4 is 21.6 Å². The number of aromatic nitrogens is 1. The maximum Gasteiger partial charge on any atom is 0.270 e. The highest BCUT2D eigenvalue weighted by Gasteiger charge is 2.30. The quantitative estimate of drug-likeness (QED) is 0.770. The molecule has 7 nitrogen and oxygen atoms in total. The van der Waals surface area contributed by atoms with Crippen LogP contribution in [0.3, 0.4) is 0 Å². The Morgan fingerprint density at radius 2 is 1.69 bits per heavy atom. The van der Waals surface area contributed by atoms with Crippen LogP contribution in [-0.2, 0) is 23.6 Å². The predicted molar refractivity (Wildman–Crippen MR) is 112 cm³/mol. The zero-order valence-corrected chi connectivity index (χ0v) is 17.9. The van der Waals surface area contributed by atoms with E-state index in [4.69, 9.17) is 0 Å². The van der Waals surface area contributed by atoms with Crippen molar-refractivity contribution < 1.29 is 13.2 Å². The van der Waals surface area contributed by atoms with Gasteiger partial charge in [0.25, 0.3) is 5.91 Å². The molecule has 2 aliphatic rings. The Labute approximate surface area is 172 Å². The van der Waals surface area contributed by atoms with Gasteiger partial charge in [-0.3, -0.25) is 4.79 Å². The molecule has 2 aromatic rings. The Morgan fingerprint density at radius 3 is 2.45 bits per heavy atom. The van der Waals surface area contributed by atoms with Crippen LogP contribution in [0.5, 0.6) is 0 Å². The molecule has 29 heavy (non-hydrogen) atoms. The predicted octanol–water partition coefficient (Wildman–Crippen LogP) is 2.29. The minimum Gasteiger partial charge on any atom is -0.373 e. The molecule has 1 aromatic carbocycles. The number of benzene rings is 1. The minimum absolute atomic E-state index is 0.141. The van der Waals surface area contributed by atoms with Gasteiger partial charge in [0.05, 0.1) is 0 Å². The SMILES string of the molecule is CN1CCN(C(=O)c2cc(S(=O)(=O)N3CCCCC3)cn2C)Cc2ccccc21. The Kier molecular flexibility index (Phi) is 5.40. The number of hydrogen-bond donors (Lipinski definition) is 0. The summed E-state index contributed by atoms with van der Waals surface area (Å²) in [6.45, 7) is 2.93. The van der Waals surface area contributed by atoms with Gasteiger partial charge >= 0.3 is 0 Å². The van der Waals surface area contributed by atoms with E-state index < -0.39 is 10.0 Å². The molecule has 0 saturated carbocycles. The summed E-state index contributed by atoms with van der Waals surface area (Å²) >= 11 is 0. The molecule has 0 atom stereocenters. The number of fused-ring (bicyclic) bond motifs is 1. The van der Waals surface area contributed by atoms with Crippen molar-refractivity contribution in [3.63, 3.8) is 0 Å². The number of nitrogens with zero attached hydrogens (tertiary/aromatic N) is 4. The van der Waals surface area contributed by atoms with Crippen molar-refractivity contribution in [2.45, 2.75) is 30.7 Å². The minimum atomic E-state index is -3.56. The lowest BCUT2D eigenvalue weighted by Crippen LogP contribution is -2.35. The lowest BCUT2D eigenvalue weighted by Gasteiger charge is -2.25. The summed E-state index contributed by atoms with van der Waals surface area (Å²) in [7, 11) is 0.204. The van der Waals surface area contributed by atoms with E-state index in [9.17, 15) is 13.2 Å². The number of hydrogen-bond acceptors (Lipinski definition) is 4. The Bertz CT molecular complexity index is 1010. The Morgan fingerprint density at radius 1 is 0.966 bits per heavy atom. The van der Waals surface area contributed by atoms with Crippen molar-refractivity contribution in [3.05, 3.63) is 47.8 Å². The Balaban J connectivity index is 1.60. The third-order valence-electron chi connectivity index (χ3n) is 5.91. The second kappa shape index (κ2) is 7.84. The van der Waals surface area contributed by atoms with Gasteiger partial charge in [0.2, 0.25) is 10.0 Å². The summed E-state index contributed by atoms with van der Waals surface area (Å²) in [5.41, 5.74) is 2.63. The van der Waals surface area contributed by atoms with Crippen LogP contribution in [0.15, 0.2) is 41.4 Å². The summed E-state index contributed by atoms with van der Waals surface area (Å²) in [6.07, 6.45) is 4.40. The number of carbonyl (C=O) groups excluding carboxylic acids is 1. The average molecular weight is 417 g/mol. The fourth-order valence-electron chi connectivity index (χ4n) is 4.17. The number of rotatable bonds is 3. The second-order valence-corrected chi connectivity index (χ2v) is 9.85. The molecule has 156 valence electrons. The van der Waals surface area contributed by atoms with E-state index in [-0.39, 0.29) is 10.8 Å². The van der Waals surface area contributed by atoms with Gasteiger partial charge in [0, 0.05) is 58.7 Å². The molecule has 0 spiro atoms. The van der Waals surface area contributed by atoms with E-state index in [0.717, 1.165) is 37.1 Å². The molecule has 4 rings (SSSR count). The summed E-state index contributed by atoms with van der Waals surface area (Å²) in [4.78, 5) is 17.4. The smallest absolute Gasteiger partial charge is 0.270 e. The van der Waals surface area contributed by atoms with E-state index in [0.29, 0.717) is 31.9 Å². The number of aryl methyl sites for hydroxylation is 1. The monoisotopic (exact) mass is 416 g/mol. The van der Waals surface area contributed by atoms with E-state index >= 15 is 0 Å². The topological polar surface area (TPSA) is 65.9 Å². The van der Waals surface area contributed by atoms with Crippen LogP contribution in [0.4, 0.5) is 5.69 Å². The molecule has 3 heterocycles. The average Bonchev–Trinajstić information content (AvgIpc) is 3.05. The fourth-order valence-corrected chi connectivity index (χ4v) is 5.76. The number of amides is 1. The summed E-state index contributed by atoms with van der Waals surface area (Å²) in [5, 5.41) is 0. The van der Waals surface area contributed by atoms with Crippen LogP contribution in [0, 0.1) is 0 Å². The fraction of sp³-hybridized carbons (Fsp3) is 0.476. The number of piperidine rings is 1. The molecular formula is C21H28N4O3S. The van der Waals surface area contributed by atoms with Crippen molar-refractivity contribution in [2.24, 2.45) is 7.05 Å². The standard InChI is InChI=1S/C21H28N4O3S/c1-22-12-13-24(15-17-8-4-5-9-19(17)22)21(26)20-14-18(16-23(20)2)29(27,28)25-10-6-3-7-11-25/h4-5,8-9,14,16H,3,6-7,10-13,15H2,1-2H3. The van der Waals surface area contributed by atoms with Crippen molar-refractivity contribution in [2.75, 3.05) is 38.1 Å². The van der Waals surface area contributed by atoms with Crippen LogP contribution in [0.1, 0.15) is 35.3 Å². The van der Waals surface area contributed by atoms with Gasteiger partial charge < -0.3 is 14.4 Å². The number of sulfonamides is 1. The first-order valence-electron chi connectivity index (χ1n) is 10.1. The van der Waals surface area contributed by atoms with Gasteiger partial charge in [-0.05, 0) is 30.5 Å². The third kappa shape index (κ3) is 3.79. The maximum atomic E-state index is 13.3. The Hall–Kier alpha value is -2.32.